The van der Waals surface area contributed by atoms with Crippen molar-refractivity contribution in [1.82, 2.24) is 9.55 Å². The van der Waals surface area contributed by atoms with E-state index >= 15 is 0 Å². The molecule has 0 bridgehead atoms. The molecule has 0 saturated carbocycles. The summed E-state index contributed by atoms with van der Waals surface area (Å²) in [4.78, 5) is 3.21. The number of nitrogens with zero attached hydrogens (tertiary/aromatic N) is 1. The molecule has 3 nitrogen and oxygen atoms in total. The largest absolute Gasteiger partial charge is 0.494 e. The Hall–Kier alpha value is -2.07. The summed E-state index contributed by atoms with van der Waals surface area (Å²) in [5.41, 5.74) is 3.16. The lowest BCUT2D eigenvalue weighted by Crippen LogP contribution is -1.95. The average Bonchev–Trinajstić information content (AvgIpc) is 2.76. The molecule has 0 aliphatic rings. The van der Waals surface area contributed by atoms with Gasteiger partial charge in [0, 0.05) is 5.69 Å². The first kappa shape index (κ1) is 12.0. The van der Waals surface area contributed by atoms with Gasteiger partial charge in [-0.2, -0.15) is 0 Å². The Morgan fingerprint density at radius 1 is 1.11 bits per heavy atom. The second-order valence-corrected chi connectivity index (χ2v) is 4.60. The Morgan fingerprint density at radius 3 is 2.58 bits per heavy atom. The average molecular weight is 270 g/mol. The number of para-hydroxylation sites is 2. The summed E-state index contributed by atoms with van der Waals surface area (Å²) in [6.07, 6.45) is 0. The molecule has 0 saturated heterocycles. The lowest BCUT2D eigenvalue weighted by molar-refractivity contribution is 0.340. The first-order valence-electron chi connectivity index (χ1n) is 6.22. The van der Waals surface area contributed by atoms with E-state index in [9.17, 15) is 0 Å². The molecular formula is C15H14N2OS. The van der Waals surface area contributed by atoms with Gasteiger partial charge in [0.1, 0.15) is 5.75 Å². The summed E-state index contributed by atoms with van der Waals surface area (Å²) in [7, 11) is 0. The maximum absolute atomic E-state index is 5.45. The number of H-pyrrole nitrogens is 1. The number of aromatic amines is 1. The molecule has 0 amide bonds. The van der Waals surface area contributed by atoms with Crippen LogP contribution >= 0.6 is 12.2 Å². The lowest BCUT2D eigenvalue weighted by Gasteiger charge is -2.07. The Labute approximate surface area is 116 Å². The number of fused-ring (bicyclic) bond motifs is 1. The van der Waals surface area contributed by atoms with Gasteiger partial charge in [-0.1, -0.05) is 12.1 Å². The van der Waals surface area contributed by atoms with E-state index in [-0.39, 0.29) is 0 Å². The maximum atomic E-state index is 5.45. The zero-order chi connectivity index (χ0) is 13.2. The molecule has 0 aliphatic heterocycles. The smallest absolute Gasteiger partial charge is 0.182 e. The number of hydrogen-bond acceptors (Lipinski definition) is 2. The molecule has 0 fully saturated rings. The van der Waals surface area contributed by atoms with Crippen LogP contribution in [0.25, 0.3) is 16.7 Å². The summed E-state index contributed by atoms with van der Waals surface area (Å²) in [5.74, 6) is 0.873. The number of aromatic nitrogens is 2. The van der Waals surface area contributed by atoms with E-state index in [0.29, 0.717) is 11.4 Å². The summed E-state index contributed by atoms with van der Waals surface area (Å²) in [6, 6.07) is 16.0. The van der Waals surface area contributed by atoms with Crippen LogP contribution in [0.3, 0.4) is 0 Å². The number of hydrogen-bond donors (Lipinski definition) is 1. The van der Waals surface area contributed by atoms with Crippen molar-refractivity contribution in [1.29, 1.82) is 0 Å². The molecule has 0 aliphatic carbocycles. The minimum absolute atomic E-state index is 0.672. The van der Waals surface area contributed by atoms with Crippen molar-refractivity contribution in [3.63, 3.8) is 0 Å². The summed E-state index contributed by atoms with van der Waals surface area (Å²) < 4.78 is 8.18. The van der Waals surface area contributed by atoms with Gasteiger partial charge in [-0.3, -0.25) is 4.57 Å². The Bertz CT molecular complexity index is 756. The number of benzene rings is 2. The van der Waals surface area contributed by atoms with E-state index in [4.69, 9.17) is 17.0 Å². The third-order valence-corrected chi connectivity index (χ3v) is 3.28. The van der Waals surface area contributed by atoms with Gasteiger partial charge in [-0.25, -0.2) is 0 Å². The van der Waals surface area contributed by atoms with Gasteiger partial charge >= 0.3 is 0 Å². The fourth-order valence-corrected chi connectivity index (χ4v) is 2.48. The fourth-order valence-electron chi connectivity index (χ4n) is 2.17. The van der Waals surface area contributed by atoms with Crippen LogP contribution in [0.4, 0.5) is 0 Å². The zero-order valence-corrected chi connectivity index (χ0v) is 11.4. The van der Waals surface area contributed by atoms with Crippen molar-refractivity contribution in [3.8, 4) is 11.4 Å². The van der Waals surface area contributed by atoms with E-state index in [0.717, 1.165) is 22.5 Å². The van der Waals surface area contributed by atoms with Gasteiger partial charge in [0.15, 0.2) is 4.77 Å². The standard InChI is InChI=1S/C15H14N2OS/c1-2-18-12-9-7-11(8-10-12)17-14-6-4-3-5-13(14)16-15(17)19/h3-10H,2H2,1H3,(H,16,19). The first-order chi connectivity index (χ1) is 9.29. The van der Waals surface area contributed by atoms with Gasteiger partial charge in [0.25, 0.3) is 0 Å². The first-order valence-corrected chi connectivity index (χ1v) is 6.63. The summed E-state index contributed by atoms with van der Waals surface area (Å²) in [5, 5.41) is 0. The summed E-state index contributed by atoms with van der Waals surface area (Å²) in [6.45, 7) is 2.65. The monoisotopic (exact) mass is 270 g/mol. The van der Waals surface area contributed by atoms with Crippen molar-refractivity contribution in [2.24, 2.45) is 0 Å². The Kier molecular flexibility index (Phi) is 3.09. The van der Waals surface area contributed by atoms with Crippen LogP contribution in [0.15, 0.2) is 48.5 Å². The van der Waals surface area contributed by atoms with E-state index in [1.807, 2.05) is 54.0 Å². The molecule has 3 rings (SSSR count). The zero-order valence-electron chi connectivity index (χ0n) is 10.6. The molecule has 0 atom stereocenters. The van der Waals surface area contributed by atoms with Gasteiger partial charge < -0.3 is 9.72 Å². The Balaban J connectivity index is 2.13. The number of ether oxygens (including phenoxy) is 1. The maximum Gasteiger partial charge on any atom is 0.182 e. The van der Waals surface area contributed by atoms with Crippen LogP contribution in [0, 0.1) is 4.77 Å². The van der Waals surface area contributed by atoms with Crippen molar-refractivity contribution in [2.45, 2.75) is 6.92 Å². The van der Waals surface area contributed by atoms with Crippen molar-refractivity contribution in [3.05, 3.63) is 53.3 Å². The molecule has 19 heavy (non-hydrogen) atoms. The third-order valence-electron chi connectivity index (χ3n) is 3.00. The minimum Gasteiger partial charge on any atom is -0.494 e. The van der Waals surface area contributed by atoms with Crippen molar-refractivity contribution < 1.29 is 4.74 Å². The second kappa shape index (κ2) is 4.90. The molecule has 2 aromatic carbocycles. The van der Waals surface area contributed by atoms with Crippen molar-refractivity contribution in [2.75, 3.05) is 6.61 Å². The molecule has 0 unspecified atom stereocenters. The predicted molar refractivity (Wildman–Crippen MR) is 79.6 cm³/mol. The number of nitrogens with one attached hydrogen (secondary N) is 1. The van der Waals surface area contributed by atoms with Crippen LogP contribution in [0.5, 0.6) is 5.75 Å². The highest BCUT2D eigenvalue weighted by Crippen LogP contribution is 2.21. The third kappa shape index (κ3) is 2.15. The van der Waals surface area contributed by atoms with Crippen molar-refractivity contribution >= 4 is 23.3 Å². The van der Waals surface area contributed by atoms with Crippen LogP contribution in [-0.4, -0.2) is 16.2 Å². The summed E-state index contributed by atoms with van der Waals surface area (Å²) >= 11 is 5.40. The fraction of sp³-hybridized carbons (Fsp3) is 0.133. The molecule has 1 N–H and O–H groups in total. The SMILES string of the molecule is CCOc1ccc(-n2c(=S)[nH]c3ccccc32)cc1. The highest BCUT2D eigenvalue weighted by molar-refractivity contribution is 7.71. The van der Waals surface area contributed by atoms with Crippen LogP contribution in [0.2, 0.25) is 0 Å². The molecule has 3 aromatic rings. The molecule has 0 spiro atoms. The normalized spacial score (nSPS) is 10.8. The van der Waals surface area contributed by atoms with Crippen LogP contribution in [0.1, 0.15) is 6.92 Å². The van der Waals surface area contributed by atoms with Gasteiger partial charge in [-0.15, -0.1) is 0 Å². The van der Waals surface area contributed by atoms with E-state index in [1.54, 1.807) is 0 Å². The van der Waals surface area contributed by atoms with E-state index in [2.05, 4.69) is 11.1 Å². The number of imidazole rings is 1. The quantitative estimate of drug-likeness (QED) is 0.727. The van der Waals surface area contributed by atoms with Gasteiger partial charge in [-0.05, 0) is 55.5 Å². The van der Waals surface area contributed by atoms with E-state index < -0.39 is 0 Å². The predicted octanol–water partition coefficient (Wildman–Crippen LogP) is 4.09. The van der Waals surface area contributed by atoms with E-state index in [1.165, 1.54) is 0 Å². The molecular weight excluding hydrogens is 256 g/mol. The molecule has 4 heteroatoms. The highest BCUT2D eigenvalue weighted by Gasteiger charge is 2.05. The molecule has 0 radical (unpaired) electrons. The molecule has 1 heterocycles. The topological polar surface area (TPSA) is 29.9 Å². The molecule has 1 aromatic heterocycles. The van der Waals surface area contributed by atoms with Crippen LogP contribution in [-0.2, 0) is 0 Å². The second-order valence-electron chi connectivity index (χ2n) is 4.21. The lowest BCUT2D eigenvalue weighted by atomic mass is 10.2. The van der Waals surface area contributed by atoms with Gasteiger partial charge in [0.05, 0.1) is 17.6 Å². The Morgan fingerprint density at radius 2 is 1.84 bits per heavy atom. The number of rotatable bonds is 3. The van der Waals surface area contributed by atoms with Gasteiger partial charge in [0.2, 0.25) is 0 Å². The minimum atomic E-state index is 0.672. The van der Waals surface area contributed by atoms with Crippen LogP contribution < -0.4 is 4.74 Å². The highest BCUT2D eigenvalue weighted by atomic mass is 32.1. The molecule has 96 valence electrons.